The van der Waals surface area contributed by atoms with Crippen molar-refractivity contribution in [1.82, 2.24) is 9.78 Å². The van der Waals surface area contributed by atoms with Gasteiger partial charge >= 0.3 is 0 Å². The molecule has 0 amide bonds. The van der Waals surface area contributed by atoms with Crippen molar-refractivity contribution in [2.75, 3.05) is 5.33 Å². The molecule has 19 heavy (non-hydrogen) atoms. The molecule has 0 N–H and O–H groups in total. The van der Waals surface area contributed by atoms with Crippen LogP contribution in [-0.4, -0.2) is 15.1 Å². The fourth-order valence-electron chi connectivity index (χ4n) is 2.20. The number of benzene rings is 1. The molecule has 0 spiro atoms. The first-order chi connectivity index (χ1) is 9.21. The Kier molecular flexibility index (Phi) is 5.64. The number of halogens is 2. The summed E-state index contributed by atoms with van der Waals surface area (Å²) in [5, 5.41) is 5.35. The first kappa shape index (κ1) is 14.8. The molecule has 102 valence electrons. The van der Waals surface area contributed by atoms with Crippen molar-refractivity contribution < 1.29 is 0 Å². The Morgan fingerprint density at radius 2 is 2.05 bits per heavy atom. The molecule has 0 aliphatic rings. The second-order valence-electron chi connectivity index (χ2n) is 4.76. The Balaban J connectivity index is 2.00. The van der Waals surface area contributed by atoms with Crippen LogP contribution in [0.5, 0.6) is 0 Å². The summed E-state index contributed by atoms with van der Waals surface area (Å²) in [6.07, 6.45) is 6.29. The van der Waals surface area contributed by atoms with E-state index >= 15 is 0 Å². The van der Waals surface area contributed by atoms with Crippen molar-refractivity contribution in [3.8, 4) is 0 Å². The van der Waals surface area contributed by atoms with E-state index in [9.17, 15) is 0 Å². The Labute approximate surface area is 131 Å². The third-order valence-electron chi connectivity index (χ3n) is 3.17. The van der Waals surface area contributed by atoms with Gasteiger partial charge in [0.05, 0.1) is 6.20 Å². The molecule has 0 radical (unpaired) electrons. The standard InChI is InChI=1S/C15H18Br2N2/c1-2-19-11-14(10-18-19)7-13(9-16)6-12-4-3-5-15(17)8-12/h3-5,8,10-11,13H,2,6-7,9H2,1H3. The van der Waals surface area contributed by atoms with Gasteiger partial charge in [-0.05, 0) is 48.9 Å². The quantitative estimate of drug-likeness (QED) is 0.671. The van der Waals surface area contributed by atoms with Gasteiger partial charge in [0.15, 0.2) is 0 Å². The summed E-state index contributed by atoms with van der Waals surface area (Å²) in [6.45, 7) is 3.05. The largest absolute Gasteiger partial charge is 0.273 e. The maximum atomic E-state index is 4.34. The predicted molar refractivity (Wildman–Crippen MR) is 86.7 cm³/mol. The highest BCUT2D eigenvalue weighted by atomic mass is 79.9. The van der Waals surface area contributed by atoms with Crippen LogP contribution in [0.3, 0.4) is 0 Å². The normalized spacial score (nSPS) is 12.6. The number of alkyl halides is 1. The van der Waals surface area contributed by atoms with Gasteiger partial charge in [-0.2, -0.15) is 5.10 Å². The molecule has 0 bridgehead atoms. The molecule has 0 saturated heterocycles. The fraction of sp³-hybridized carbons (Fsp3) is 0.400. The number of hydrogen-bond acceptors (Lipinski definition) is 1. The van der Waals surface area contributed by atoms with Gasteiger partial charge in [0.1, 0.15) is 0 Å². The van der Waals surface area contributed by atoms with Crippen molar-refractivity contribution in [2.24, 2.45) is 5.92 Å². The lowest BCUT2D eigenvalue weighted by molar-refractivity contribution is 0.589. The average Bonchev–Trinajstić information content (AvgIpc) is 2.85. The molecular formula is C15H18Br2N2. The second kappa shape index (κ2) is 7.25. The molecule has 0 fully saturated rings. The van der Waals surface area contributed by atoms with Crippen LogP contribution in [0.25, 0.3) is 0 Å². The highest BCUT2D eigenvalue weighted by Crippen LogP contribution is 2.19. The molecule has 0 aliphatic heterocycles. The van der Waals surface area contributed by atoms with Crippen molar-refractivity contribution in [2.45, 2.75) is 26.3 Å². The van der Waals surface area contributed by atoms with Crippen LogP contribution in [0.15, 0.2) is 41.1 Å². The van der Waals surface area contributed by atoms with Gasteiger partial charge in [-0.3, -0.25) is 4.68 Å². The average molecular weight is 386 g/mol. The second-order valence-corrected chi connectivity index (χ2v) is 6.33. The van der Waals surface area contributed by atoms with E-state index in [0.717, 1.165) is 29.2 Å². The molecule has 0 saturated carbocycles. The van der Waals surface area contributed by atoms with Crippen LogP contribution < -0.4 is 0 Å². The third kappa shape index (κ3) is 4.46. The van der Waals surface area contributed by atoms with Crippen molar-refractivity contribution in [3.05, 3.63) is 52.3 Å². The first-order valence-corrected chi connectivity index (χ1v) is 8.44. The van der Waals surface area contributed by atoms with E-state index in [2.05, 4.69) is 74.3 Å². The molecule has 1 aromatic carbocycles. The molecule has 1 heterocycles. The molecule has 2 nitrogen and oxygen atoms in total. The molecule has 0 aliphatic carbocycles. The summed E-state index contributed by atoms with van der Waals surface area (Å²) in [5.74, 6) is 0.601. The number of aromatic nitrogens is 2. The number of hydrogen-bond donors (Lipinski definition) is 0. The Bertz CT molecular complexity index is 522. The van der Waals surface area contributed by atoms with Gasteiger partial charge in [0, 0.05) is 22.5 Å². The highest BCUT2D eigenvalue weighted by Gasteiger charge is 2.11. The summed E-state index contributed by atoms with van der Waals surface area (Å²) < 4.78 is 3.14. The zero-order valence-electron chi connectivity index (χ0n) is 11.0. The van der Waals surface area contributed by atoms with Crippen LogP contribution in [0, 0.1) is 5.92 Å². The number of rotatable bonds is 6. The van der Waals surface area contributed by atoms with Crippen molar-refractivity contribution >= 4 is 31.9 Å². The highest BCUT2D eigenvalue weighted by molar-refractivity contribution is 9.10. The minimum absolute atomic E-state index is 0.601. The van der Waals surface area contributed by atoms with Gasteiger partial charge in [-0.25, -0.2) is 0 Å². The van der Waals surface area contributed by atoms with Gasteiger partial charge in [0.25, 0.3) is 0 Å². The number of nitrogens with zero attached hydrogens (tertiary/aromatic N) is 2. The maximum absolute atomic E-state index is 4.34. The lowest BCUT2D eigenvalue weighted by atomic mass is 9.96. The van der Waals surface area contributed by atoms with E-state index in [0.29, 0.717) is 5.92 Å². The first-order valence-electron chi connectivity index (χ1n) is 6.53. The molecule has 1 unspecified atom stereocenters. The Hall–Kier alpha value is -0.610. The van der Waals surface area contributed by atoms with E-state index in [4.69, 9.17) is 0 Å². The van der Waals surface area contributed by atoms with Crippen LogP contribution in [0.1, 0.15) is 18.1 Å². The fourth-order valence-corrected chi connectivity index (χ4v) is 3.10. The predicted octanol–water partition coefficient (Wildman–Crippen LogP) is 4.46. The number of aryl methyl sites for hydroxylation is 1. The molecule has 1 atom stereocenters. The lowest BCUT2D eigenvalue weighted by Gasteiger charge is -2.13. The Morgan fingerprint density at radius 3 is 2.68 bits per heavy atom. The topological polar surface area (TPSA) is 17.8 Å². The summed E-state index contributed by atoms with van der Waals surface area (Å²) in [7, 11) is 0. The van der Waals surface area contributed by atoms with Crippen LogP contribution >= 0.6 is 31.9 Å². The molecular weight excluding hydrogens is 368 g/mol. The van der Waals surface area contributed by atoms with Crippen LogP contribution in [0.4, 0.5) is 0 Å². The minimum atomic E-state index is 0.601. The summed E-state index contributed by atoms with van der Waals surface area (Å²) in [5.41, 5.74) is 2.70. The van der Waals surface area contributed by atoms with Crippen LogP contribution in [-0.2, 0) is 19.4 Å². The summed E-state index contributed by atoms with van der Waals surface area (Å²) in [6, 6.07) is 8.55. The van der Waals surface area contributed by atoms with E-state index in [1.807, 2.05) is 10.9 Å². The van der Waals surface area contributed by atoms with E-state index in [-0.39, 0.29) is 0 Å². The van der Waals surface area contributed by atoms with Gasteiger partial charge in [0.2, 0.25) is 0 Å². The maximum Gasteiger partial charge on any atom is 0.0521 e. The van der Waals surface area contributed by atoms with Crippen LogP contribution in [0.2, 0.25) is 0 Å². The van der Waals surface area contributed by atoms with Gasteiger partial charge < -0.3 is 0 Å². The van der Waals surface area contributed by atoms with Gasteiger partial charge in [-0.15, -0.1) is 0 Å². The lowest BCUT2D eigenvalue weighted by Crippen LogP contribution is -2.09. The monoisotopic (exact) mass is 384 g/mol. The zero-order chi connectivity index (χ0) is 13.7. The van der Waals surface area contributed by atoms with E-state index < -0.39 is 0 Å². The smallest absolute Gasteiger partial charge is 0.0521 e. The molecule has 1 aromatic heterocycles. The van der Waals surface area contributed by atoms with Gasteiger partial charge in [-0.1, -0.05) is 44.0 Å². The minimum Gasteiger partial charge on any atom is -0.273 e. The zero-order valence-corrected chi connectivity index (χ0v) is 14.2. The third-order valence-corrected chi connectivity index (χ3v) is 4.58. The molecule has 4 heteroatoms. The summed E-state index contributed by atoms with van der Waals surface area (Å²) >= 11 is 7.16. The Morgan fingerprint density at radius 1 is 1.26 bits per heavy atom. The summed E-state index contributed by atoms with van der Waals surface area (Å²) in [4.78, 5) is 0. The SMILES string of the molecule is CCn1cc(CC(CBr)Cc2cccc(Br)c2)cn1. The van der Waals surface area contributed by atoms with E-state index in [1.54, 1.807) is 0 Å². The van der Waals surface area contributed by atoms with Crippen molar-refractivity contribution in [1.29, 1.82) is 0 Å². The molecule has 2 aromatic rings. The van der Waals surface area contributed by atoms with E-state index in [1.165, 1.54) is 11.1 Å². The van der Waals surface area contributed by atoms with Crippen molar-refractivity contribution in [3.63, 3.8) is 0 Å². The molecule has 2 rings (SSSR count).